The molecule has 3 rings (SSSR count). The van der Waals surface area contributed by atoms with E-state index in [1.54, 1.807) is 32.2 Å². The van der Waals surface area contributed by atoms with Gasteiger partial charge in [0.15, 0.2) is 11.9 Å². The van der Waals surface area contributed by atoms with E-state index in [2.05, 4.69) is 10.3 Å². The Hall–Kier alpha value is -2.79. The summed E-state index contributed by atoms with van der Waals surface area (Å²) in [4.78, 5) is 28.4. The SMILES string of the molecule is COC(=O)C1=C[C@H](OC/C=C/c2ccccn2)[C@@H](NC(C)=O)[C@H]([C@H](O)[C@H]2COC(C)(C)O2)O1. The third-order valence-corrected chi connectivity index (χ3v) is 5.15. The molecule has 0 radical (unpaired) electrons. The number of aromatic nitrogens is 1. The number of ether oxygens (including phenoxy) is 5. The summed E-state index contributed by atoms with van der Waals surface area (Å²) in [5, 5.41) is 13.8. The molecule has 0 aromatic carbocycles. The number of rotatable bonds is 8. The normalized spacial score (nSPS) is 27.5. The van der Waals surface area contributed by atoms with Gasteiger partial charge in [0.2, 0.25) is 11.7 Å². The molecule has 1 fully saturated rings. The van der Waals surface area contributed by atoms with Crippen LogP contribution in [0.2, 0.25) is 0 Å². The van der Waals surface area contributed by atoms with Crippen molar-refractivity contribution in [2.75, 3.05) is 20.3 Å². The van der Waals surface area contributed by atoms with Crippen molar-refractivity contribution in [1.82, 2.24) is 10.3 Å². The predicted octanol–water partition coefficient (Wildman–Crippen LogP) is 0.953. The predicted molar refractivity (Wildman–Crippen MR) is 116 cm³/mol. The van der Waals surface area contributed by atoms with Gasteiger partial charge in [0, 0.05) is 13.1 Å². The van der Waals surface area contributed by atoms with Gasteiger partial charge in [0.05, 0.1) is 32.1 Å². The first-order valence-electron chi connectivity index (χ1n) is 10.6. The van der Waals surface area contributed by atoms with Crippen LogP contribution in [0.1, 0.15) is 26.5 Å². The monoisotopic (exact) mass is 462 g/mol. The molecule has 2 aliphatic rings. The van der Waals surface area contributed by atoms with Gasteiger partial charge >= 0.3 is 5.97 Å². The van der Waals surface area contributed by atoms with Crippen molar-refractivity contribution in [2.24, 2.45) is 0 Å². The van der Waals surface area contributed by atoms with E-state index in [0.29, 0.717) is 0 Å². The maximum atomic E-state index is 12.2. The van der Waals surface area contributed by atoms with Crippen LogP contribution in [-0.4, -0.2) is 78.5 Å². The highest BCUT2D eigenvalue weighted by Crippen LogP contribution is 2.30. The van der Waals surface area contributed by atoms with Gasteiger partial charge in [-0.25, -0.2) is 4.79 Å². The first kappa shape index (κ1) is 24.8. The van der Waals surface area contributed by atoms with Crippen LogP contribution in [0, 0.1) is 0 Å². The minimum atomic E-state index is -1.23. The summed E-state index contributed by atoms with van der Waals surface area (Å²) in [6.07, 6.45) is 2.85. The van der Waals surface area contributed by atoms with E-state index < -0.39 is 42.2 Å². The Bertz CT molecular complexity index is 886. The van der Waals surface area contributed by atoms with Gasteiger partial charge < -0.3 is 34.1 Å². The van der Waals surface area contributed by atoms with Crippen LogP contribution in [0.5, 0.6) is 0 Å². The van der Waals surface area contributed by atoms with Crippen molar-refractivity contribution >= 4 is 18.0 Å². The summed E-state index contributed by atoms with van der Waals surface area (Å²) in [6, 6.07) is 4.73. The summed E-state index contributed by atoms with van der Waals surface area (Å²) in [5.41, 5.74) is 0.756. The van der Waals surface area contributed by atoms with Crippen LogP contribution >= 0.6 is 0 Å². The van der Waals surface area contributed by atoms with Crippen molar-refractivity contribution in [3.63, 3.8) is 0 Å². The first-order chi connectivity index (χ1) is 15.7. The molecule has 1 aromatic heterocycles. The zero-order valence-electron chi connectivity index (χ0n) is 19.1. The third-order valence-electron chi connectivity index (χ3n) is 5.15. The number of carbonyl (C=O) groups is 2. The third kappa shape index (κ3) is 6.61. The minimum Gasteiger partial charge on any atom is -0.478 e. The second-order valence-corrected chi connectivity index (χ2v) is 8.14. The Morgan fingerprint density at radius 1 is 1.39 bits per heavy atom. The molecule has 10 nitrogen and oxygen atoms in total. The average Bonchev–Trinajstić information content (AvgIpc) is 3.16. The number of methoxy groups -OCH3 is 1. The van der Waals surface area contributed by atoms with Gasteiger partial charge in [0.1, 0.15) is 18.3 Å². The van der Waals surface area contributed by atoms with E-state index in [4.69, 9.17) is 23.7 Å². The second-order valence-electron chi connectivity index (χ2n) is 8.14. The molecule has 1 saturated heterocycles. The molecule has 0 unspecified atom stereocenters. The van der Waals surface area contributed by atoms with Gasteiger partial charge in [0.25, 0.3) is 0 Å². The van der Waals surface area contributed by atoms with Crippen LogP contribution in [0.3, 0.4) is 0 Å². The fourth-order valence-electron chi connectivity index (χ4n) is 3.65. The van der Waals surface area contributed by atoms with E-state index in [1.165, 1.54) is 20.1 Å². The Kier molecular flexibility index (Phi) is 8.20. The Morgan fingerprint density at radius 2 is 2.18 bits per heavy atom. The molecular formula is C23H30N2O8. The number of esters is 1. The van der Waals surface area contributed by atoms with Gasteiger partial charge in [-0.15, -0.1) is 0 Å². The fraction of sp³-hybridized carbons (Fsp3) is 0.522. The topological polar surface area (TPSA) is 125 Å². The van der Waals surface area contributed by atoms with Crippen LogP contribution in [0.15, 0.2) is 42.3 Å². The summed E-state index contributed by atoms with van der Waals surface area (Å²) in [5.74, 6) is -2.08. The molecule has 5 atom stereocenters. The lowest BCUT2D eigenvalue weighted by Gasteiger charge is -2.40. The smallest absolute Gasteiger partial charge is 0.373 e. The van der Waals surface area contributed by atoms with Gasteiger partial charge in [-0.2, -0.15) is 0 Å². The van der Waals surface area contributed by atoms with Gasteiger partial charge in [-0.05, 0) is 38.1 Å². The van der Waals surface area contributed by atoms with Gasteiger partial charge in [-0.1, -0.05) is 12.1 Å². The molecule has 180 valence electrons. The fourth-order valence-corrected chi connectivity index (χ4v) is 3.65. The molecule has 0 spiro atoms. The zero-order chi connectivity index (χ0) is 24.0. The van der Waals surface area contributed by atoms with Crippen molar-refractivity contribution in [3.05, 3.63) is 48.0 Å². The van der Waals surface area contributed by atoms with Crippen LogP contribution in [0.4, 0.5) is 0 Å². The van der Waals surface area contributed by atoms with Crippen molar-refractivity contribution < 1.29 is 38.4 Å². The van der Waals surface area contributed by atoms with Crippen LogP contribution < -0.4 is 5.32 Å². The standard InChI is InChI=1S/C23H30N2O8/c1-14(26)25-19-16(30-11-7-9-15-8-5-6-10-24-15)12-17(22(28)29-4)32-21(19)20(27)18-13-31-23(2,3)33-18/h5-10,12,16,18-21,27H,11,13H2,1-4H3,(H,25,26)/b9-7+/t16-,18+,19+,20+,21+/m0/s1. The van der Waals surface area contributed by atoms with E-state index >= 15 is 0 Å². The lowest BCUT2D eigenvalue weighted by molar-refractivity contribution is -0.173. The Balaban J connectivity index is 1.81. The Morgan fingerprint density at radius 3 is 2.79 bits per heavy atom. The molecule has 1 amide bonds. The quantitative estimate of drug-likeness (QED) is 0.543. The summed E-state index contributed by atoms with van der Waals surface area (Å²) >= 11 is 0. The minimum absolute atomic E-state index is 0.121. The number of carbonyl (C=O) groups excluding carboxylic acids is 2. The lowest BCUT2D eigenvalue weighted by Crippen LogP contribution is -2.60. The first-order valence-corrected chi connectivity index (χ1v) is 10.6. The Labute approximate surface area is 192 Å². The number of pyridine rings is 1. The molecule has 3 heterocycles. The lowest BCUT2D eigenvalue weighted by atomic mass is 9.93. The van der Waals surface area contributed by atoms with E-state index in [-0.39, 0.29) is 24.9 Å². The highest BCUT2D eigenvalue weighted by atomic mass is 16.7. The number of hydrogen-bond donors (Lipinski definition) is 2. The molecule has 0 saturated carbocycles. The molecule has 0 aliphatic carbocycles. The zero-order valence-corrected chi connectivity index (χ0v) is 19.1. The number of aliphatic hydroxyl groups excluding tert-OH is 1. The van der Waals surface area contributed by atoms with Crippen LogP contribution in [0.25, 0.3) is 6.08 Å². The maximum absolute atomic E-state index is 12.2. The van der Waals surface area contributed by atoms with E-state index in [1.807, 2.05) is 18.2 Å². The van der Waals surface area contributed by atoms with Crippen molar-refractivity contribution in [2.45, 2.75) is 57.0 Å². The number of nitrogens with one attached hydrogen (secondary N) is 1. The summed E-state index contributed by atoms with van der Waals surface area (Å²) in [7, 11) is 1.22. The summed E-state index contributed by atoms with van der Waals surface area (Å²) in [6.45, 7) is 5.08. The number of hydrogen-bond acceptors (Lipinski definition) is 9. The highest BCUT2D eigenvalue weighted by molar-refractivity contribution is 5.86. The van der Waals surface area contributed by atoms with Crippen molar-refractivity contribution in [1.29, 1.82) is 0 Å². The van der Waals surface area contributed by atoms with Gasteiger partial charge in [-0.3, -0.25) is 9.78 Å². The number of nitrogens with zero attached hydrogens (tertiary/aromatic N) is 1. The van der Waals surface area contributed by atoms with E-state index in [9.17, 15) is 14.7 Å². The largest absolute Gasteiger partial charge is 0.478 e. The average molecular weight is 462 g/mol. The summed E-state index contributed by atoms with van der Waals surface area (Å²) < 4.78 is 27.8. The highest BCUT2D eigenvalue weighted by Gasteiger charge is 2.48. The molecule has 33 heavy (non-hydrogen) atoms. The van der Waals surface area contributed by atoms with Crippen LogP contribution in [-0.2, 0) is 33.3 Å². The van der Waals surface area contributed by atoms with Crippen molar-refractivity contribution in [3.8, 4) is 0 Å². The van der Waals surface area contributed by atoms with E-state index in [0.717, 1.165) is 5.69 Å². The molecule has 10 heteroatoms. The molecule has 1 aromatic rings. The molecular weight excluding hydrogens is 432 g/mol. The molecule has 2 aliphatic heterocycles. The number of aliphatic hydroxyl groups is 1. The maximum Gasteiger partial charge on any atom is 0.373 e. The molecule has 0 bridgehead atoms. The number of amides is 1. The second kappa shape index (κ2) is 10.9. The molecule has 2 N–H and O–H groups in total.